The summed E-state index contributed by atoms with van der Waals surface area (Å²) in [4.78, 5) is 10.8. The molecular formula is C22H32O3. The van der Waals surface area contributed by atoms with E-state index in [2.05, 4.69) is 30.3 Å². The van der Waals surface area contributed by atoms with Crippen LogP contribution in [0.15, 0.2) is 30.3 Å². The molecular weight excluding hydrogens is 312 g/mol. The van der Waals surface area contributed by atoms with Gasteiger partial charge in [-0.25, -0.2) is 9.78 Å². The minimum Gasteiger partial charge on any atom is -0.344 e. The maximum atomic E-state index is 5.74. The summed E-state index contributed by atoms with van der Waals surface area (Å²) in [6.07, 6.45) is 14.4. The Morgan fingerprint density at radius 1 is 1.04 bits per heavy atom. The molecule has 0 bridgehead atoms. The lowest BCUT2D eigenvalue weighted by atomic mass is 9.86. The van der Waals surface area contributed by atoms with Crippen molar-refractivity contribution in [1.29, 1.82) is 0 Å². The highest BCUT2D eigenvalue weighted by Crippen LogP contribution is 2.31. The van der Waals surface area contributed by atoms with E-state index in [-0.39, 0.29) is 6.10 Å². The van der Waals surface area contributed by atoms with Crippen molar-refractivity contribution in [2.75, 3.05) is 6.61 Å². The first-order valence-electron chi connectivity index (χ1n) is 9.95. The molecule has 0 amide bonds. The second kappa shape index (κ2) is 8.98. The van der Waals surface area contributed by atoms with Gasteiger partial charge in [0.15, 0.2) is 5.79 Å². The maximum Gasteiger partial charge on any atom is 0.198 e. The molecule has 3 rings (SSSR count). The molecule has 1 aromatic rings. The Morgan fingerprint density at radius 3 is 2.32 bits per heavy atom. The van der Waals surface area contributed by atoms with Gasteiger partial charge in [-0.1, -0.05) is 69.4 Å². The Labute approximate surface area is 152 Å². The van der Waals surface area contributed by atoms with Crippen LogP contribution >= 0.6 is 0 Å². The lowest BCUT2D eigenvalue weighted by Crippen LogP contribution is -2.41. The molecule has 1 heterocycles. The third kappa shape index (κ3) is 5.40. The van der Waals surface area contributed by atoms with Gasteiger partial charge in [-0.05, 0) is 42.9 Å². The van der Waals surface area contributed by atoms with E-state index in [9.17, 15) is 0 Å². The fourth-order valence-electron chi connectivity index (χ4n) is 3.61. The van der Waals surface area contributed by atoms with Gasteiger partial charge in [0, 0.05) is 6.42 Å². The van der Waals surface area contributed by atoms with Crippen LogP contribution in [0.5, 0.6) is 0 Å². The Balaban J connectivity index is 1.53. The molecule has 1 aliphatic carbocycles. The van der Waals surface area contributed by atoms with E-state index in [0.29, 0.717) is 6.61 Å². The first-order chi connectivity index (χ1) is 12.2. The number of hydrogen-bond acceptors (Lipinski definition) is 3. The van der Waals surface area contributed by atoms with E-state index in [4.69, 9.17) is 14.5 Å². The normalized spacial score (nSPS) is 29.4. The van der Waals surface area contributed by atoms with Gasteiger partial charge in [0.2, 0.25) is 0 Å². The summed E-state index contributed by atoms with van der Waals surface area (Å²) in [5.41, 5.74) is 2.69. The summed E-state index contributed by atoms with van der Waals surface area (Å²) in [6, 6.07) is 9.03. The van der Waals surface area contributed by atoms with E-state index in [1.54, 1.807) is 0 Å². The van der Waals surface area contributed by atoms with Crippen LogP contribution in [-0.2, 0) is 14.5 Å². The van der Waals surface area contributed by atoms with Crippen molar-refractivity contribution in [1.82, 2.24) is 0 Å². The van der Waals surface area contributed by atoms with E-state index >= 15 is 0 Å². The largest absolute Gasteiger partial charge is 0.344 e. The lowest BCUT2D eigenvalue weighted by Gasteiger charge is -2.34. The average molecular weight is 344 g/mol. The van der Waals surface area contributed by atoms with Crippen LogP contribution in [0.1, 0.15) is 82.3 Å². The summed E-state index contributed by atoms with van der Waals surface area (Å²) in [5.74, 6) is 0.136. The van der Waals surface area contributed by atoms with Crippen LogP contribution in [0.25, 0.3) is 6.08 Å². The van der Waals surface area contributed by atoms with Crippen molar-refractivity contribution in [3.63, 3.8) is 0 Å². The molecule has 0 N–H and O–H groups in total. The molecule has 1 aliphatic heterocycles. The summed E-state index contributed by atoms with van der Waals surface area (Å²) in [5, 5.41) is 0. The second-order valence-corrected chi connectivity index (χ2v) is 7.58. The van der Waals surface area contributed by atoms with Gasteiger partial charge in [-0.15, -0.1) is 0 Å². The fourth-order valence-corrected chi connectivity index (χ4v) is 3.61. The molecule has 3 heteroatoms. The smallest absolute Gasteiger partial charge is 0.198 e. The summed E-state index contributed by atoms with van der Waals surface area (Å²) in [6.45, 7) is 4.46. The molecule has 2 atom stereocenters. The van der Waals surface area contributed by atoms with Gasteiger partial charge in [0.1, 0.15) is 6.10 Å². The lowest BCUT2D eigenvalue weighted by molar-refractivity contribution is -0.474. The molecule has 3 nitrogen and oxygen atoms in total. The molecule has 138 valence electrons. The maximum absolute atomic E-state index is 5.74. The molecule has 25 heavy (non-hydrogen) atoms. The van der Waals surface area contributed by atoms with Gasteiger partial charge < -0.3 is 4.74 Å². The Hall–Kier alpha value is -1.16. The number of hydrogen-bond donors (Lipinski definition) is 0. The second-order valence-electron chi connectivity index (χ2n) is 7.58. The molecule has 1 saturated heterocycles. The Kier molecular flexibility index (Phi) is 6.69. The molecule has 2 aliphatic rings. The summed E-state index contributed by atoms with van der Waals surface area (Å²) in [7, 11) is 0. The zero-order valence-corrected chi connectivity index (χ0v) is 15.7. The average Bonchev–Trinajstić information content (AvgIpc) is 2.62. The molecule has 2 unspecified atom stereocenters. The van der Waals surface area contributed by atoms with Crippen molar-refractivity contribution < 1.29 is 14.5 Å². The zero-order chi connectivity index (χ0) is 17.5. The van der Waals surface area contributed by atoms with E-state index in [1.807, 2.05) is 19.9 Å². The molecule has 1 aromatic carbocycles. The molecule has 2 fully saturated rings. The highest BCUT2D eigenvalue weighted by Gasteiger charge is 2.32. The van der Waals surface area contributed by atoms with Crippen molar-refractivity contribution in [2.24, 2.45) is 0 Å². The molecule has 0 aromatic heterocycles. The van der Waals surface area contributed by atoms with E-state index < -0.39 is 5.79 Å². The van der Waals surface area contributed by atoms with Crippen LogP contribution in [0, 0.1) is 0 Å². The van der Waals surface area contributed by atoms with Gasteiger partial charge in [-0.3, -0.25) is 0 Å². The number of ether oxygens (including phenoxy) is 1. The number of rotatable bonds is 4. The highest BCUT2D eigenvalue weighted by molar-refractivity contribution is 5.50. The number of benzene rings is 1. The van der Waals surface area contributed by atoms with Crippen molar-refractivity contribution in [3.05, 3.63) is 41.5 Å². The third-order valence-electron chi connectivity index (χ3n) is 5.56. The SMILES string of the molecule is CCC1(C)OCC(C=Cc2ccc(C3CCCCCCC3)cc2)OO1. The summed E-state index contributed by atoms with van der Waals surface area (Å²) >= 11 is 0. The van der Waals surface area contributed by atoms with Crippen LogP contribution in [-0.4, -0.2) is 18.5 Å². The summed E-state index contributed by atoms with van der Waals surface area (Å²) < 4.78 is 5.74. The van der Waals surface area contributed by atoms with Crippen LogP contribution in [0.2, 0.25) is 0 Å². The van der Waals surface area contributed by atoms with E-state index in [0.717, 1.165) is 12.3 Å². The predicted octanol–water partition coefficient (Wildman–Crippen LogP) is 6.00. The van der Waals surface area contributed by atoms with Gasteiger partial charge in [-0.2, -0.15) is 0 Å². The Bertz CT molecular complexity index is 533. The fraction of sp³-hybridized carbons (Fsp3) is 0.636. The topological polar surface area (TPSA) is 27.7 Å². The monoisotopic (exact) mass is 344 g/mol. The van der Waals surface area contributed by atoms with Crippen molar-refractivity contribution in [2.45, 2.75) is 83.0 Å². The molecule has 1 saturated carbocycles. The zero-order valence-electron chi connectivity index (χ0n) is 15.7. The van der Waals surface area contributed by atoms with Gasteiger partial charge in [0.05, 0.1) is 6.61 Å². The van der Waals surface area contributed by atoms with Crippen LogP contribution in [0.3, 0.4) is 0 Å². The standard InChI is InChI=1S/C22H32O3/c1-3-22(2)23-17-21(24-25-22)16-13-18-11-14-20(15-12-18)19-9-7-5-4-6-8-10-19/h11-16,19,21H,3-10,17H2,1-2H3. The first kappa shape index (κ1) is 18.6. The van der Waals surface area contributed by atoms with Gasteiger partial charge in [0.25, 0.3) is 0 Å². The third-order valence-corrected chi connectivity index (χ3v) is 5.56. The predicted molar refractivity (Wildman–Crippen MR) is 101 cm³/mol. The Morgan fingerprint density at radius 2 is 1.72 bits per heavy atom. The quantitative estimate of drug-likeness (QED) is 0.627. The van der Waals surface area contributed by atoms with Crippen LogP contribution < -0.4 is 0 Å². The van der Waals surface area contributed by atoms with Gasteiger partial charge >= 0.3 is 0 Å². The first-order valence-corrected chi connectivity index (χ1v) is 9.95. The minimum atomic E-state index is -0.608. The molecule has 0 radical (unpaired) electrons. The molecule has 0 spiro atoms. The van der Waals surface area contributed by atoms with Crippen molar-refractivity contribution in [3.8, 4) is 0 Å². The minimum absolute atomic E-state index is 0.148. The van der Waals surface area contributed by atoms with Crippen LogP contribution in [0.4, 0.5) is 0 Å². The highest BCUT2D eigenvalue weighted by atomic mass is 17.2. The van der Waals surface area contributed by atoms with Crippen molar-refractivity contribution >= 4 is 6.08 Å². The van der Waals surface area contributed by atoms with E-state index in [1.165, 1.54) is 56.1 Å².